The third kappa shape index (κ3) is 5.87. The molecule has 0 fully saturated rings. The van der Waals surface area contributed by atoms with Crippen molar-refractivity contribution in [2.45, 2.75) is 53.5 Å². The molecule has 0 N–H and O–H groups in total. The Hall–Kier alpha value is -0.300. The molecule has 0 amide bonds. The van der Waals surface area contributed by atoms with E-state index in [1.54, 1.807) is 0 Å². The van der Waals surface area contributed by atoms with Crippen molar-refractivity contribution in [1.29, 1.82) is 0 Å². The van der Waals surface area contributed by atoms with Crippen LogP contribution in [-0.2, 0) is 0 Å². The maximum atomic E-state index is 2.55. The van der Waals surface area contributed by atoms with Crippen LogP contribution in [0, 0.1) is 0 Å². The fourth-order valence-electron chi connectivity index (χ4n) is 1.38. The molecule has 1 nitrogen and oxygen atoms in total. The highest BCUT2D eigenvalue weighted by molar-refractivity contribution is 4.95. The van der Waals surface area contributed by atoms with E-state index in [4.69, 9.17) is 0 Å². The third-order valence-corrected chi connectivity index (χ3v) is 2.53. The molecule has 1 heteroatoms. The Morgan fingerprint density at radius 3 is 2.31 bits per heavy atom. The predicted octanol–water partition coefficient (Wildman–Crippen LogP) is 3.46. The highest BCUT2D eigenvalue weighted by Crippen LogP contribution is 2.05. The second kappa shape index (κ2) is 7.14. The molecule has 78 valence electrons. The van der Waals surface area contributed by atoms with Gasteiger partial charge in [0.05, 0.1) is 0 Å². The number of hydrogen-bond acceptors (Lipinski definition) is 1. The van der Waals surface area contributed by atoms with Crippen LogP contribution in [0.5, 0.6) is 0 Å². The highest BCUT2D eigenvalue weighted by Gasteiger charge is 2.06. The topological polar surface area (TPSA) is 3.24 Å². The van der Waals surface area contributed by atoms with Crippen molar-refractivity contribution < 1.29 is 0 Å². The molecule has 0 rings (SSSR count). The quantitative estimate of drug-likeness (QED) is 0.570. The summed E-state index contributed by atoms with van der Waals surface area (Å²) in [6.07, 6.45) is 4.69. The van der Waals surface area contributed by atoms with Gasteiger partial charge in [0.1, 0.15) is 0 Å². The summed E-state index contributed by atoms with van der Waals surface area (Å²) in [5.41, 5.74) is 1.50. The highest BCUT2D eigenvalue weighted by atomic mass is 15.1. The number of allylic oxidation sites excluding steroid dienone is 1. The van der Waals surface area contributed by atoms with Crippen LogP contribution in [0.3, 0.4) is 0 Å². The van der Waals surface area contributed by atoms with Crippen LogP contribution >= 0.6 is 0 Å². The minimum Gasteiger partial charge on any atom is -0.301 e. The van der Waals surface area contributed by atoms with Crippen LogP contribution in [-0.4, -0.2) is 24.0 Å². The zero-order chi connectivity index (χ0) is 10.3. The van der Waals surface area contributed by atoms with E-state index in [1.165, 1.54) is 31.5 Å². The summed E-state index contributed by atoms with van der Waals surface area (Å²) in [7, 11) is 0. The lowest BCUT2D eigenvalue weighted by atomic mass is 10.2. The summed E-state index contributed by atoms with van der Waals surface area (Å²) in [5, 5.41) is 0. The number of nitrogens with zero attached hydrogens (tertiary/aromatic N) is 1. The second-order valence-corrected chi connectivity index (χ2v) is 4.01. The van der Waals surface area contributed by atoms with Crippen LogP contribution in [0.2, 0.25) is 0 Å². The Labute approximate surface area is 83.8 Å². The van der Waals surface area contributed by atoms with Crippen molar-refractivity contribution in [3.8, 4) is 0 Å². The first kappa shape index (κ1) is 12.7. The van der Waals surface area contributed by atoms with Gasteiger partial charge in [-0.05, 0) is 47.1 Å². The first-order chi connectivity index (χ1) is 6.11. The molecule has 0 bridgehead atoms. The molecule has 0 heterocycles. The molecular weight excluding hydrogens is 158 g/mol. The Kier molecular flexibility index (Phi) is 6.97. The van der Waals surface area contributed by atoms with Gasteiger partial charge in [-0.15, -0.1) is 0 Å². The average Bonchev–Trinajstić information content (AvgIpc) is 2.11. The number of rotatable bonds is 6. The van der Waals surface area contributed by atoms with Crippen molar-refractivity contribution in [1.82, 2.24) is 4.90 Å². The Balaban J connectivity index is 3.82. The Bertz CT molecular complexity index is 147. The third-order valence-electron chi connectivity index (χ3n) is 2.53. The first-order valence-electron chi connectivity index (χ1n) is 5.47. The standard InChI is InChI=1S/C12H25N/c1-6-9-13(11(3)4)10-8-12(5)7-2/h7,11H,6,8-10H2,1-5H3/b12-7-. The van der Waals surface area contributed by atoms with Gasteiger partial charge in [0, 0.05) is 12.6 Å². The van der Waals surface area contributed by atoms with Gasteiger partial charge in [-0.3, -0.25) is 0 Å². The van der Waals surface area contributed by atoms with E-state index in [-0.39, 0.29) is 0 Å². The molecule has 0 aliphatic rings. The van der Waals surface area contributed by atoms with E-state index in [9.17, 15) is 0 Å². The molecule has 0 radical (unpaired) electrons. The molecule has 0 aliphatic heterocycles. The molecule has 0 atom stereocenters. The molecule has 0 spiro atoms. The summed E-state index contributed by atoms with van der Waals surface area (Å²) >= 11 is 0. The van der Waals surface area contributed by atoms with Crippen molar-refractivity contribution in [2.75, 3.05) is 13.1 Å². The van der Waals surface area contributed by atoms with Gasteiger partial charge in [0.2, 0.25) is 0 Å². The maximum Gasteiger partial charge on any atom is 0.00387 e. The van der Waals surface area contributed by atoms with Crippen molar-refractivity contribution in [3.05, 3.63) is 11.6 Å². The van der Waals surface area contributed by atoms with E-state index >= 15 is 0 Å². The molecule has 0 unspecified atom stereocenters. The average molecular weight is 183 g/mol. The monoisotopic (exact) mass is 183 g/mol. The Morgan fingerprint density at radius 2 is 1.92 bits per heavy atom. The molecule has 13 heavy (non-hydrogen) atoms. The molecule has 0 saturated carbocycles. The summed E-state index contributed by atoms with van der Waals surface area (Å²) in [6.45, 7) is 13.6. The molecule has 0 aromatic carbocycles. The van der Waals surface area contributed by atoms with Gasteiger partial charge in [0.15, 0.2) is 0 Å². The van der Waals surface area contributed by atoms with Crippen LogP contribution in [0.4, 0.5) is 0 Å². The molecule has 0 aromatic heterocycles. The van der Waals surface area contributed by atoms with Gasteiger partial charge in [-0.25, -0.2) is 0 Å². The zero-order valence-electron chi connectivity index (χ0n) is 9.93. The van der Waals surface area contributed by atoms with Gasteiger partial charge in [-0.1, -0.05) is 18.6 Å². The van der Waals surface area contributed by atoms with Crippen molar-refractivity contribution in [2.24, 2.45) is 0 Å². The van der Waals surface area contributed by atoms with Crippen LogP contribution in [0.25, 0.3) is 0 Å². The molecule has 0 aliphatic carbocycles. The van der Waals surface area contributed by atoms with Crippen LogP contribution in [0.1, 0.15) is 47.5 Å². The van der Waals surface area contributed by atoms with Gasteiger partial charge in [0.25, 0.3) is 0 Å². The summed E-state index contributed by atoms with van der Waals surface area (Å²) in [4.78, 5) is 2.55. The van der Waals surface area contributed by atoms with Crippen molar-refractivity contribution >= 4 is 0 Å². The second-order valence-electron chi connectivity index (χ2n) is 4.01. The summed E-state index contributed by atoms with van der Waals surface area (Å²) in [5.74, 6) is 0. The minimum atomic E-state index is 0.685. The van der Waals surface area contributed by atoms with E-state index < -0.39 is 0 Å². The van der Waals surface area contributed by atoms with Crippen LogP contribution < -0.4 is 0 Å². The predicted molar refractivity (Wildman–Crippen MR) is 61.0 cm³/mol. The summed E-state index contributed by atoms with van der Waals surface area (Å²) in [6, 6.07) is 0.685. The fraction of sp³-hybridized carbons (Fsp3) is 0.833. The smallest absolute Gasteiger partial charge is 0.00387 e. The fourth-order valence-corrected chi connectivity index (χ4v) is 1.38. The Morgan fingerprint density at radius 1 is 1.31 bits per heavy atom. The largest absolute Gasteiger partial charge is 0.301 e. The lowest BCUT2D eigenvalue weighted by molar-refractivity contribution is 0.225. The lowest BCUT2D eigenvalue weighted by Crippen LogP contribution is -2.32. The molecule has 0 aromatic rings. The lowest BCUT2D eigenvalue weighted by Gasteiger charge is -2.25. The maximum absolute atomic E-state index is 2.55. The SMILES string of the molecule is C/C=C(/C)CCN(CCC)C(C)C. The van der Waals surface area contributed by atoms with Crippen LogP contribution in [0.15, 0.2) is 11.6 Å². The van der Waals surface area contributed by atoms with E-state index in [2.05, 4.69) is 45.6 Å². The molecular formula is C12H25N. The molecule has 0 saturated heterocycles. The number of hydrogen-bond donors (Lipinski definition) is 0. The first-order valence-corrected chi connectivity index (χ1v) is 5.47. The van der Waals surface area contributed by atoms with E-state index in [1.807, 2.05) is 0 Å². The van der Waals surface area contributed by atoms with Gasteiger partial charge < -0.3 is 4.90 Å². The van der Waals surface area contributed by atoms with Gasteiger partial charge in [-0.2, -0.15) is 0 Å². The van der Waals surface area contributed by atoms with E-state index in [0.29, 0.717) is 6.04 Å². The normalized spacial score (nSPS) is 13.0. The minimum absolute atomic E-state index is 0.685. The van der Waals surface area contributed by atoms with E-state index in [0.717, 1.165) is 0 Å². The van der Waals surface area contributed by atoms with Crippen molar-refractivity contribution in [3.63, 3.8) is 0 Å². The zero-order valence-corrected chi connectivity index (χ0v) is 9.93. The summed E-state index contributed by atoms with van der Waals surface area (Å²) < 4.78 is 0. The van der Waals surface area contributed by atoms with Gasteiger partial charge >= 0.3 is 0 Å².